The fourth-order valence-corrected chi connectivity index (χ4v) is 4.15. The minimum Gasteiger partial charge on any atom is -0.332 e. The highest BCUT2D eigenvalue weighted by molar-refractivity contribution is 9.11. The van der Waals surface area contributed by atoms with Crippen molar-refractivity contribution in [1.82, 2.24) is 10.6 Å². The van der Waals surface area contributed by atoms with Crippen LogP contribution in [-0.4, -0.2) is 36.4 Å². The van der Waals surface area contributed by atoms with E-state index in [1.54, 1.807) is 0 Å². The van der Waals surface area contributed by atoms with Crippen molar-refractivity contribution >= 4 is 31.8 Å². The number of amides is 2. The number of sulfone groups is 1. The van der Waals surface area contributed by atoms with E-state index in [9.17, 15) is 13.2 Å². The Bertz CT molecular complexity index is 328. The summed E-state index contributed by atoms with van der Waals surface area (Å²) < 4.78 is 21.8. The number of halogens is 1. The minimum absolute atomic E-state index is 0.0202. The van der Waals surface area contributed by atoms with Crippen LogP contribution in [0.2, 0.25) is 0 Å². The molecule has 68 valence electrons. The Balaban J connectivity index is 2.30. The standard InChI is InChI=1S/C5H7BrN2O3S/c6-4-3-2(1-12(4,10)11)7-5(9)8-3/h2-4H,1H2,(H2,7,8,9). The summed E-state index contributed by atoms with van der Waals surface area (Å²) in [5.41, 5.74) is 0. The molecule has 7 heteroatoms. The predicted octanol–water partition coefficient (Wildman–Crippen LogP) is -0.814. The number of carbonyl (C=O) groups excluding carboxylic acids is 1. The number of hydrogen-bond acceptors (Lipinski definition) is 3. The topological polar surface area (TPSA) is 75.3 Å². The minimum atomic E-state index is -3.07. The van der Waals surface area contributed by atoms with E-state index < -0.39 is 14.0 Å². The molecule has 2 aliphatic rings. The lowest BCUT2D eigenvalue weighted by molar-refractivity contribution is 0.247. The van der Waals surface area contributed by atoms with Crippen LogP contribution in [-0.2, 0) is 9.84 Å². The van der Waals surface area contributed by atoms with Crippen molar-refractivity contribution in [3.8, 4) is 0 Å². The second-order valence-electron chi connectivity index (χ2n) is 2.93. The molecular weight excluding hydrogens is 248 g/mol. The Labute approximate surface area is 77.9 Å². The monoisotopic (exact) mass is 254 g/mol. The summed E-state index contributed by atoms with van der Waals surface area (Å²) in [4.78, 5) is 10.8. The van der Waals surface area contributed by atoms with Gasteiger partial charge in [0, 0.05) is 0 Å². The van der Waals surface area contributed by atoms with Crippen molar-refractivity contribution in [2.75, 3.05) is 5.75 Å². The third-order valence-corrected chi connectivity index (χ3v) is 6.17. The highest BCUT2D eigenvalue weighted by atomic mass is 79.9. The van der Waals surface area contributed by atoms with Crippen molar-refractivity contribution in [2.24, 2.45) is 0 Å². The quantitative estimate of drug-likeness (QED) is 0.439. The summed E-state index contributed by atoms with van der Waals surface area (Å²) in [6.45, 7) is 0. The molecule has 2 fully saturated rings. The highest BCUT2D eigenvalue weighted by Crippen LogP contribution is 2.28. The molecule has 0 bridgehead atoms. The van der Waals surface area contributed by atoms with Crippen LogP contribution in [0.4, 0.5) is 4.79 Å². The van der Waals surface area contributed by atoms with Crippen molar-refractivity contribution in [1.29, 1.82) is 0 Å². The van der Waals surface area contributed by atoms with Gasteiger partial charge in [0.2, 0.25) is 0 Å². The molecule has 0 aromatic rings. The van der Waals surface area contributed by atoms with E-state index in [1.165, 1.54) is 0 Å². The molecule has 2 saturated heterocycles. The molecule has 2 N–H and O–H groups in total. The van der Waals surface area contributed by atoms with Gasteiger partial charge in [-0.05, 0) is 0 Å². The SMILES string of the molecule is O=C1NC2CS(=O)(=O)C(Br)C2N1. The van der Waals surface area contributed by atoms with Gasteiger partial charge in [-0.3, -0.25) is 0 Å². The lowest BCUT2D eigenvalue weighted by Gasteiger charge is -2.07. The predicted molar refractivity (Wildman–Crippen MR) is 45.7 cm³/mol. The summed E-state index contributed by atoms with van der Waals surface area (Å²) in [5.74, 6) is 0.0202. The van der Waals surface area contributed by atoms with Gasteiger partial charge in [0.25, 0.3) is 0 Å². The number of nitrogens with one attached hydrogen (secondary N) is 2. The first kappa shape index (κ1) is 8.31. The van der Waals surface area contributed by atoms with E-state index in [1.807, 2.05) is 0 Å². The largest absolute Gasteiger partial charge is 0.332 e. The van der Waals surface area contributed by atoms with Crippen LogP contribution in [0, 0.1) is 0 Å². The van der Waals surface area contributed by atoms with E-state index in [4.69, 9.17) is 0 Å². The number of carbonyl (C=O) groups is 1. The van der Waals surface area contributed by atoms with Gasteiger partial charge in [0.1, 0.15) is 4.16 Å². The maximum atomic E-state index is 11.2. The van der Waals surface area contributed by atoms with E-state index in [2.05, 4.69) is 26.6 Å². The van der Waals surface area contributed by atoms with Crippen LogP contribution in [0.5, 0.6) is 0 Å². The lowest BCUT2D eigenvalue weighted by atomic mass is 10.2. The molecule has 0 aromatic carbocycles. The van der Waals surface area contributed by atoms with Crippen LogP contribution in [0.3, 0.4) is 0 Å². The molecule has 0 radical (unpaired) electrons. The Hall–Kier alpha value is -0.300. The summed E-state index contributed by atoms with van der Waals surface area (Å²) in [6.07, 6.45) is 0. The molecule has 3 atom stereocenters. The first-order valence-electron chi connectivity index (χ1n) is 3.43. The highest BCUT2D eigenvalue weighted by Gasteiger charge is 2.50. The van der Waals surface area contributed by atoms with E-state index in [0.29, 0.717) is 0 Å². The number of fused-ring (bicyclic) bond motifs is 1. The molecule has 2 aliphatic heterocycles. The molecule has 2 heterocycles. The van der Waals surface area contributed by atoms with Gasteiger partial charge in [-0.1, -0.05) is 15.9 Å². The second-order valence-corrected chi connectivity index (χ2v) is 6.69. The zero-order valence-electron chi connectivity index (χ0n) is 5.95. The maximum absolute atomic E-state index is 11.2. The van der Waals surface area contributed by atoms with Gasteiger partial charge in [-0.2, -0.15) is 0 Å². The first-order valence-corrected chi connectivity index (χ1v) is 6.06. The molecule has 0 spiro atoms. The van der Waals surface area contributed by atoms with Crippen LogP contribution in [0.25, 0.3) is 0 Å². The van der Waals surface area contributed by atoms with Gasteiger partial charge in [0.15, 0.2) is 9.84 Å². The fraction of sp³-hybridized carbons (Fsp3) is 0.800. The van der Waals surface area contributed by atoms with E-state index in [0.717, 1.165) is 0 Å². The molecule has 0 aliphatic carbocycles. The number of rotatable bonds is 0. The van der Waals surface area contributed by atoms with Crippen molar-refractivity contribution in [3.63, 3.8) is 0 Å². The van der Waals surface area contributed by atoms with Crippen molar-refractivity contribution < 1.29 is 13.2 Å². The fourth-order valence-electron chi connectivity index (χ4n) is 1.51. The van der Waals surface area contributed by atoms with Gasteiger partial charge in [-0.15, -0.1) is 0 Å². The summed E-state index contributed by atoms with van der Waals surface area (Å²) >= 11 is 3.05. The molecule has 2 amide bonds. The first-order chi connectivity index (χ1) is 5.50. The molecule has 5 nitrogen and oxygen atoms in total. The Morgan fingerprint density at radius 1 is 1.42 bits per heavy atom. The Kier molecular flexibility index (Phi) is 1.63. The smallest absolute Gasteiger partial charge is 0.315 e. The third kappa shape index (κ3) is 1.03. The van der Waals surface area contributed by atoms with Gasteiger partial charge >= 0.3 is 6.03 Å². The molecule has 2 rings (SSSR count). The van der Waals surface area contributed by atoms with Crippen LogP contribution < -0.4 is 10.6 Å². The summed E-state index contributed by atoms with van der Waals surface area (Å²) in [5, 5.41) is 5.09. The molecular formula is C5H7BrN2O3S. The summed E-state index contributed by atoms with van der Waals surface area (Å²) in [6, 6.07) is -0.876. The zero-order chi connectivity index (χ0) is 8.93. The Morgan fingerprint density at radius 2 is 2.08 bits per heavy atom. The average molecular weight is 255 g/mol. The van der Waals surface area contributed by atoms with E-state index in [-0.39, 0.29) is 23.9 Å². The normalized spacial score (nSPS) is 43.4. The maximum Gasteiger partial charge on any atom is 0.315 e. The number of alkyl halides is 1. The van der Waals surface area contributed by atoms with Crippen LogP contribution >= 0.6 is 15.9 Å². The Morgan fingerprint density at radius 3 is 2.67 bits per heavy atom. The van der Waals surface area contributed by atoms with Gasteiger partial charge < -0.3 is 10.6 Å². The van der Waals surface area contributed by atoms with Gasteiger partial charge in [-0.25, -0.2) is 13.2 Å². The van der Waals surface area contributed by atoms with Crippen LogP contribution in [0.1, 0.15) is 0 Å². The van der Waals surface area contributed by atoms with E-state index >= 15 is 0 Å². The molecule has 0 saturated carbocycles. The van der Waals surface area contributed by atoms with Crippen LogP contribution in [0.15, 0.2) is 0 Å². The van der Waals surface area contributed by atoms with Crippen molar-refractivity contribution in [2.45, 2.75) is 16.2 Å². The van der Waals surface area contributed by atoms with Crippen molar-refractivity contribution in [3.05, 3.63) is 0 Å². The third-order valence-electron chi connectivity index (χ3n) is 2.09. The zero-order valence-corrected chi connectivity index (χ0v) is 8.35. The molecule has 0 aromatic heterocycles. The second kappa shape index (κ2) is 2.35. The average Bonchev–Trinajstić information content (AvgIpc) is 2.35. The number of hydrogen-bond donors (Lipinski definition) is 2. The summed E-state index contributed by atoms with van der Waals surface area (Å²) in [7, 11) is -3.07. The van der Waals surface area contributed by atoms with Gasteiger partial charge in [0.05, 0.1) is 17.8 Å². The lowest BCUT2D eigenvalue weighted by Crippen LogP contribution is -2.35. The molecule has 3 unspecified atom stereocenters. The number of urea groups is 1. The molecule has 12 heavy (non-hydrogen) atoms.